The van der Waals surface area contributed by atoms with Gasteiger partial charge in [0, 0.05) is 5.02 Å². The molecule has 0 atom stereocenters. The quantitative estimate of drug-likeness (QED) is 0.670. The number of carbonyl (C=O) groups excluding carboxylic acids is 1. The second-order valence-corrected chi connectivity index (χ2v) is 3.69. The molecule has 0 N–H and O–H groups in total. The molecule has 1 heterocycles. The fourth-order valence-electron chi connectivity index (χ4n) is 1.30. The largest absolute Gasteiger partial charge is 0.280 e. The number of carbonyl (C=O) groups is 1. The van der Waals surface area contributed by atoms with Gasteiger partial charge in [0.15, 0.2) is 0 Å². The summed E-state index contributed by atoms with van der Waals surface area (Å²) in [6.07, 6.45) is 0. The summed E-state index contributed by atoms with van der Waals surface area (Å²) in [4.78, 5) is 11.7. The van der Waals surface area contributed by atoms with E-state index in [9.17, 15) is 4.79 Å². The van der Waals surface area contributed by atoms with E-state index in [1.165, 1.54) is 5.01 Å². The maximum Gasteiger partial charge on any atom is 0.280 e. The van der Waals surface area contributed by atoms with Crippen LogP contribution in [-0.2, 0) is 4.79 Å². The van der Waals surface area contributed by atoms with Gasteiger partial charge in [-0.05, 0) is 31.2 Å². The van der Waals surface area contributed by atoms with Gasteiger partial charge < -0.3 is 0 Å². The molecule has 3 nitrogen and oxygen atoms in total. The Kier molecular flexibility index (Phi) is 2.32. The molecule has 0 bridgehead atoms. The van der Waals surface area contributed by atoms with Gasteiger partial charge in [0.2, 0.25) is 0 Å². The number of amides is 1. The second kappa shape index (κ2) is 3.51. The van der Waals surface area contributed by atoms with E-state index in [4.69, 9.17) is 11.6 Å². The van der Waals surface area contributed by atoms with Gasteiger partial charge in [-0.25, -0.2) is 0 Å². The smallest absolute Gasteiger partial charge is 0.267 e. The zero-order valence-electron chi connectivity index (χ0n) is 8.20. The van der Waals surface area contributed by atoms with E-state index < -0.39 is 0 Å². The summed E-state index contributed by atoms with van der Waals surface area (Å²) < 4.78 is 0. The molecular formula is C11H9ClN2O. The van der Waals surface area contributed by atoms with Crippen molar-refractivity contribution in [1.29, 1.82) is 0 Å². The van der Waals surface area contributed by atoms with Gasteiger partial charge in [-0.1, -0.05) is 18.2 Å². The summed E-state index contributed by atoms with van der Waals surface area (Å²) >= 11 is 5.76. The molecule has 15 heavy (non-hydrogen) atoms. The lowest BCUT2D eigenvalue weighted by Crippen LogP contribution is -2.20. The van der Waals surface area contributed by atoms with Crippen LogP contribution in [0, 0.1) is 0 Å². The Labute approximate surface area is 92.7 Å². The molecule has 0 saturated heterocycles. The molecule has 1 aromatic carbocycles. The van der Waals surface area contributed by atoms with E-state index in [0.29, 0.717) is 22.0 Å². The summed E-state index contributed by atoms with van der Waals surface area (Å²) in [7, 11) is 0. The number of anilines is 1. The molecule has 0 saturated carbocycles. The number of halogens is 1. The highest BCUT2D eigenvalue weighted by atomic mass is 35.5. The van der Waals surface area contributed by atoms with Crippen molar-refractivity contribution in [3.05, 3.63) is 41.4 Å². The molecule has 1 aliphatic rings. The monoisotopic (exact) mass is 220 g/mol. The van der Waals surface area contributed by atoms with Crippen LogP contribution in [0.1, 0.15) is 6.92 Å². The molecule has 76 valence electrons. The van der Waals surface area contributed by atoms with Gasteiger partial charge in [0.1, 0.15) is 0 Å². The normalized spacial score (nSPS) is 15.9. The van der Waals surface area contributed by atoms with Crippen LogP contribution in [0.5, 0.6) is 0 Å². The molecule has 0 aliphatic carbocycles. The van der Waals surface area contributed by atoms with Crippen LogP contribution >= 0.6 is 11.6 Å². The summed E-state index contributed by atoms with van der Waals surface area (Å²) in [5, 5.41) is 6.07. The summed E-state index contributed by atoms with van der Waals surface area (Å²) in [6, 6.07) is 6.93. The van der Waals surface area contributed by atoms with Crippen molar-refractivity contribution >= 4 is 28.9 Å². The van der Waals surface area contributed by atoms with Gasteiger partial charge in [0.25, 0.3) is 5.91 Å². The number of nitrogens with zero attached hydrogens (tertiary/aromatic N) is 2. The van der Waals surface area contributed by atoms with E-state index in [2.05, 4.69) is 11.7 Å². The minimum atomic E-state index is -0.185. The first-order chi connectivity index (χ1) is 7.09. The lowest BCUT2D eigenvalue weighted by atomic mass is 10.2. The molecular weight excluding hydrogens is 212 g/mol. The van der Waals surface area contributed by atoms with Crippen LogP contribution in [0.4, 0.5) is 5.69 Å². The van der Waals surface area contributed by atoms with Gasteiger partial charge >= 0.3 is 0 Å². The molecule has 0 aromatic heterocycles. The summed E-state index contributed by atoms with van der Waals surface area (Å²) in [6.45, 7) is 5.42. The first kappa shape index (κ1) is 9.93. The second-order valence-electron chi connectivity index (χ2n) is 3.26. The fourth-order valence-corrected chi connectivity index (χ4v) is 1.42. The summed E-state index contributed by atoms with van der Waals surface area (Å²) in [5.41, 5.74) is 1.78. The molecule has 0 unspecified atom stereocenters. The molecule has 1 aromatic rings. The van der Waals surface area contributed by atoms with Gasteiger partial charge in [-0.15, -0.1) is 0 Å². The van der Waals surface area contributed by atoms with Crippen molar-refractivity contribution in [3.63, 3.8) is 0 Å². The fraction of sp³-hybridized carbons (Fsp3) is 0.0909. The Balaban J connectivity index is 2.37. The van der Waals surface area contributed by atoms with Crippen molar-refractivity contribution in [2.45, 2.75) is 6.92 Å². The standard InChI is InChI=1S/C11H9ClN2O/c1-7-8(2)13-14(11(7)15)10-5-3-9(12)4-6-10/h3-6H,1H2,2H3. The Hall–Kier alpha value is -1.61. The highest BCUT2D eigenvalue weighted by Gasteiger charge is 2.26. The lowest BCUT2D eigenvalue weighted by molar-refractivity contribution is -0.114. The molecule has 4 heteroatoms. The topological polar surface area (TPSA) is 32.7 Å². The van der Waals surface area contributed by atoms with Gasteiger partial charge in [0.05, 0.1) is 17.0 Å². The van der Waals surface area contributed by atoms with E-state index in [1.54, 1.807) is 31.2 Å². The van der Waals surface area contributed by atoms with Crippen LogP contribution in [0.15, 0.2) is 41.5 Å². The predicted octanol–water partition coefficient (Wildman–Crippen LogP) is 2.62. The number of rotatable bonds is 1. The van der Waals surface area contributed by atoms with E-state index >= 15 is 0 Å². The Morgan fingerprint density at radius 3 is 2.40 bits per heavy atom. The molecule has 1 amide bonds. The number of hydrazone groups is 1. The lowest BCUT2D eigenvalue weighted by Gasteiger charge is -2.10. The average molecular weight is 221 g/mol. The zero-order valence-corrected chi connectivity index (χ0v) is 8.95. The maximum atomic E-state index is 11.7. The maximum absolute atomic E-state index is 11.7. The van der Waals surface area contributed by atoms with Crippen LogP contribution in [0.2, 0.25) is 5.02 Å². The minimum Gasteiger partial charge on any atom is -0.267 e. The van der Waals surface area contributed by atoms with Gasteiger partial charge in [-0.2, -0.15) is 10.1 Å². The highest BCUT2D eigenvalue weighted by Crippen LogP contribution is 2.23. The minimum absolute atomic E-state index is 0.185. The van der Waals surface area contributed by atoms with Crippen molar-refractivity contribution in [2.75, 3.05) is 5.01 Å². The first-order valence-electron chi connectivity index (χ1n) is 4.44. The number of hydrogen-bond acceptors (Lipinski definition) is 2. The number of benzene rings is 1. The van der Waals surface area contributed by atoms with E-state index in [-0.39, 0.29) is 5.91 Å². The predicted molar refractivity (Wildman–Crippen MR) is 61.2 cm³/mol. The van der Waals surface area contributed by atoms with Crippen LogP contribution in [0.25, 0.3) is 0 Å². The van der Waals surface area contributed by atoms with Crippen molar-refractivity contribution in [1.82, 2.24) is 0 Å². The molecule has 0 radical (unpaired) electrons. The molecule has 0 spiro atoms. The Bertz CT molecular complexity index is 462. The third-order valence-electron chi connectivity index (χ3n) is 2.21. The van der Waals surface area contributed by atoms with E-state index in [0.717, 1.165) is 0 Å². The van der Waals surface area contributed by atoms with Crippen LogP contribution in [-0.4, -0.2) is 11.6 Å². The highest BCUT2D eigenvalue weighted by molar-refractivity contribution is 6.31. The molecule has 2 rings (SSSR count). The molecule has 1 aliphatic heterocycles. The Morgan fingerprint density at radius 2 is 1.93 bits per heavy atom. The van der Waals surface area contributed by atoms with Crippen LogP contribution in [0.3, 0.4) is 0 Å². The first-order valence-corrected chi connectivity index (χ1v) is 4.82. The van der Waals surface area contributed by atoms with E-state index in [1.807, 2.05) is 0 Å². The summed E-state index contributed by atoms with van der Waals surface area (Å²) in [5.74, 6) is -0.185. The van der Waals surface area contributed by atoms with Crippen molar-refractivity contribution in [2.24, 2.45) is 5.10 Å². The molecule has 0 fully saturated rings. The van der Waals surface area contributed by atoms with Crippen LogP contribution < -0.4 is 5.01 Å². The van der Waals surface area contributed by atoms with Crippen molar-refractivity contribution < 1.29 is 4.79 Å². The average Bonchev–Trinajstić information content (AvgIpc) is 2.47. The zero-order chi connectivity index (χ0) is 11.0. The third kappa shape index (κ3) is 1.66. The SMILES string of the molecule is C=C1C(=O)N(c2ccc(Cl)cc2)N=C1C. The third-order valence-corrected chi connectivity index (χ3v) is 2.46. The Morgan fingerprint density at radius 1 is 1.33 bits per heavy atom. The number of hydrogen-bond donors (Lipinski definition) is 0. The van der Waals surface area contributed by atoms with Gasteiger partial charge in [-0.3, -0.25) is 4.79 Å². The van der Waals surface area contributed by atoms with Crippen molar-refractivity contribution in [3.8, 4) is 0 Å².